The lowest BCUT2D eigenvalue weighted by molar-refractivity contribution is -0.128. The molecule has 0 aromatic heterocycles. The lowest BCUT2D eigenvalue weighted by Gasteiger charge is -2.19. The summed E-state index contributed by atoms with van der Waals surface area (Å²) in [5.74, 6) is -10.2. The zero-order valence-electron chi connectivity index (χ0n) is 23.5. The highest BCUT2D eigenvalue weighted by molar-refractivity contribution is 8.00. The number of hydrogen-bond acceptors (Lipinski definition) is 9. The van der Waals surface area contributed by atoms with E-state index >= 15 is 0 Å². The molecule has 0 spiro atoms. The maximum atomic E-state index is 14.2. The van der Waals surface area contributed by atoms with Gasteiger partial charge in [-0.3, -0.25) is 19.2 Å². The van der Waals surface area contributed by atoms with Gasteiger partial charge in [-0.15, -0.1) is 23.5 Å². The molecule has 13 nitrogen and oxygen atoms in total. The number of azide groups is 1. The number of amides is 4. The maximum absolute atomic E-state index is 14.2. The summed E-state index contributed by atoms with van der Waals surface area (Å²) in [6.45, 7) is 4.63. The van der Waals surface area contributed by atoms with Crippen LogP contribution in [0.15, 0.2) is 5.11 Å². The highest BCUT2D eigenvalue weighted by Crippen LogP contribution is 2.30. The van der Waals surface area contributed by atoms with Crippen LogP contribution in [0.25, 0.3) is 10.4 Å². The molecular formula is C24H33F4N7O6S2. The van der Waals surface area contributed by atoms with Gasteiger partial charge in [-0.05, 0) is 19.4 Å². The van der Waals surface area contributed by atoms with Crippen LogP contribution >= 0.6 is 23.5 Å². The van der Waals surface area contributed by atoms with E-state index in [-0.39, 0.29) is 30.5 Å². The van der Waals surface area contributed by atoms with Gasteiger partial charge in [0, 0.05) is 49.3 Å². The molecule has 4 N–H and O–H groups in total. The molecule has 19 heteroatoms. The van der Waals surface area contributed by atoms with Crippen LogP contribution in [0.4, 0.5) is 23.2 Å². The van der Waals surface area contributed by atoms with E-state index in [4.69, 9.17) is 15.0 Å². The summed E-state index contributed by atoms with van der Waals surface area (Å²) in [7, 11) is 0. The van der Waals surface area contributed by atoms with Crippen molar-refractivity contribution in [3.05, 3.63) is 39.3 Å². The van der Waals surface area contributed by atoms with Crippen molar-refractivity contribution in [2.24, 2.45) is 5.11 Å². The molecule has 1 aromatic rings. The van der Waals surface area contributed by atoms with Crippen LogP contribution in [0.1, 0.15) is 24.2 Å². The number of benzene rings is 1. The molecule has 1 atom stereocenters. The second kappa shape index (κ2) is 21.4. The Kier molecular flexibility index (Phi) is 18.8. The van der Waals surface area contributed by atoms with Crippen molar-refractivity contribution in [2.45, 2.75) is 19.9 Å². The molecular weight excluding hydrogens is 622 g/mol. The van der Waals surface area contributed by atoms with E-state index < -0.39 is 64.8 Å². The van der Waals surface area contributed by atoms with Gasteiger partial charge in [-0.25, -0.2) is 17.6 Å². The Morgan fingerprint density at radius 2 is 1.37 bits per heavy atom. The van der Waals surface area contributed by atoms with Gasteiger partial charge in [0.05, 0.1) is 24.7 Å². The van der Waals surface area contributed by atoms with Gasteiger partial charge in [0.15, 0.2) is 23.3 Å². The van der Waals surface area contributed by atoms with Crippen molar-refractivity contribution < 1.29 is 46.2 Å². The predicted molar refractivity (Wildman–Crippen MR) is 153 cm³/mol. The van der Waals surface area contributed by atoms with Gasteiger partial charge in [-0.1, -0.05) is 5.11 Å². The Morgan fingerprint density at radius 3 is 1.91 bits per heavy atom. The summed E-state index contributed by atoms with van der Waals surface area (Å²) in [6, 6.07) is -1.21. The van der Waals surface area contributed by atoms with Crippen LogP contribution in [-0.2, 0) is 23.9 Å². The molecule has 4 amide bonds. The van der Waals surface area contributed by atoms with Crippen molar-refractivity contribution in [3.8, 4) is 0 Å². The lowest BCUT2D eigenvalue weighted by Crippen LogP contribution is -2.54. The van der Waals surface area contributed by atoms with E-state index in [1.807, 2.05) is 19.2 Å². The molecule has 0 radical (unpaired) electrons. The number of nitrogens with zero attached hydrogens (tertiary/aromatic N) is 3. The molecule has 1 unspecified atom stereocenters. The number of halogens is 4. The number of rotatable bonds is 21. The van der Waals surface area contributed by atoms with Crippen molar-refractivity contribution in [2.75, 3.05) is 69.1 Å². The second-order valence-electron chi connectivity index (χ2n) is 8.14. The number of ether oxygens (including phenoxy) is 2. The maximum Gasteiger partial charge on any atom is 0.257 e. The minimum absolute atomic E-state index is 0.0108. The molecule has 0 bridgehead atoms. The zero-order chi connectivity index (χ0) is 32.2. The Hall–Kier alpha value is -3.25. The first-order valence-corrected chi connectivity index (χ1v) is 15.2. The smallest absolute Gasteiger partial charge is 0.257 e. The summed E-state index contributed by atoms with van der Waals surface area (Å²) < 4.78 is 66.7. The van der Waals surface area contributed by atoms with Crippen LogP contribution < -0.4 is 21.3 Å². The van der Waals surface area contributed by atoms with Crippen molar-refractivity contribution in [1.29, 1.82) is 0 Å². The summed E-state index contributed by atoms with van der Waals surface area (Å²) in [5, 5.41) is 12.0. The van der Waals surface area contributed by atoms with Crippen LogP contribution in [0.2, 0.25) is 0 Å². The van der Waals surface area contributed by atoms with Gasteiger partial charge in [-0.2, -0.15) is 0 Å². The number of thioether (sulfide) groups is 2. The second-order valence-corrected chi connectivity index (χ2v) is 10.3. The third-order valence-electron chi connectivity index (χ3n) is 5.10. The molecule has 1 rings (SSSR count). The largest absolute Gasteiger partial charge is 0.381 e. The van der Waals surface area contributed by atoms with Gasteiger partial charge in [0.1, 0.15) is 17.3 Å². The highest BCUT2D eigenvalue weighted by atomic mass is 32.2. The Labute approximate surface area is 253 Å². The van der Waals surface area contributed by atoms with Gasteiger partial charge >= 0.3 is 0 Å². The summed E-state index contributed by atoms with van der Waals surface area (Å²) >= 11 is 2.59. The average molecular weight is 656 g/mol. The third kappa shape index (κ3) is 13.7. The first-order valence-electron chi connectivity index (χ1n) is 12.9. The van der Waals surface area contributed by atoms with Crippen LogP contribution in [0.3, 0.4) is 0 Å². The predicted octanol–water partition coefficient (Wildman–Crippen LogP) is 2.17. The van der Waals surface area contributed by atoms with Crippen LogP contribution in [0.5, 0.6) is 0 Å². The fraction of sp³-hybridized carbons (Fsp3) is 0.583. The summed E-state index contributed by atoms with van der Waals surface area (Å²) in [6.07, 6.45) is 0. The normalized spacial score (nSPS) is 11.3. The minimum Gasteiger partial charge on any atom is -0.381 e. The monoisotopic (exact) mass is 655 g/mol. The van der Waals surface area contributed by atoms with Crippen molar-refractivity contribution >= 4 is 52.8 Å². The van der Waals surface area contributed by atoms with Crippen molar-refractivity contribution in [1.82, 2.24) is 21.3 Å². The standard InChI is InChI=1S/C24H33F4N7O6S2/c1-3-40-7-9-42-12-15(36)32-11-14(33-16(37)13-43-10-8-41-4-2)23(38)30-5-6-31-24(39)17-18(25)20(27)22(34-35-29)21(28)19(17)26/h14H,3-13H2,1-2H3,(H,30,38)(H,31,39)(H,32,36)(H,33,37). The highest BCUT2D eigenvalue weighted by Gasteiger charge is 2.29. The third-order valence-corrected chi connectivity index (χ3v) is 6.94. The number of nitrogens with one attached hydrogen (secondary N) is 4. The van der Waals surface area contributed by atoms with Crippen LogP contribution in [0, 0.1) is 23.3 Å². The van der Waals surface area contributed by atoms with E-state index in [9.17, 15) is 36.7 Å². The van der Waals surface area contributed by atoms with E-state index in [1.54, 1.807) is 0 Å². The topological polar surface area (TPSA) is 184 Å². The Balaban J connectivity index is 2.74. The lowest BCUT2D eigenvalue weighted by atomic mass is 10.1. The van der Waals surface area contributed by atoms with Crippen LogP contribution in [-0.4, -0.2) is 98.7 Å². The molecule has 0 aliphatic rings. The average Bonchev–Trinajstić information content (AvgIpc) is 2.98. The number of hydrogen-bond donors (Lipinski definition) is 4. The SMILES string of the molecule is CCOCCSCC(=O)NCC(NC(=O)CSCCOCC)C(=O)NCCNC(=O)c1c(F)c(F)c(N=[N+]=[N-])c(F)c1F. The summed E-state index contributed by atoms with van der Waals surface area (Å²) in [4.78, 5) is 51.6. The molecule has 0 heterocycles. The molecule has 0 aliphatic heterocycles. The van der Waals surface area contributed by atoms with Crippen molar-refractivity contribution in [3.63, 3.8) is 0 Å². The zero-order valence-corrected chi connectivity index (χ0v) is 25.1. The summed E-state index contributed by atoms with van der Waals surface area (Å²) in [5.41, 5.74) is 5.14. The Bertz CT molecular complexity index is 1130. The van der Waals surface area contributed by atoms with E-state index in [0.717, 1.165) is 0 Å². The minimum atomic E-state index is -2.07. The van der Waals surface area contributed by atoms with E-state index in [1.165, 1.54) is 23.5 Å². The first-order chi connectivity index (χ1) is 20.6. The van der Waals surface area contributed by atoms with Gasteiger partial charge in [0.25, 0.3) is 5.91 Å². The number of carbonyl (C=O) groups excluding carboxylic acids is 4. The Morgan fingerprint density at radius 1 is 0.837 bits per heavy atom. The first kappa shape index (κ1) is 37.8. The molecule has 240 valence electrons. The quantitative estimate of drug-likeness (QED) is 0.0388. The molecule has 43 heavy (non-hydrogen) atoms. The molecule has 0 aliphatic carbocycles. The van der Waals surface area contributed by atoms with Gasteiger partial charge in [0.2, 0.25) is 17.7 Å². The van der Waals surface area contributed by atoms with E-state index in [0.29, 0.717) is 37.9 Å². The molecule has 1 aromatic carbocycles. The fourth-order valence-corrected chi connectivity index (χ4v) is 4.41. The van der Waals surface area contributed by atoms with E-state index in [2.05, 4.69) is 26.0 Å². The molecule has 0 saturated carbocycles. The molecule has 0 fully saturated rings. The molecule has 0 saturated heterocycles. The van der Waals surface area contributed by atoms with Gasteiger partial charge < -0.3 is 30.7 Å². The number of carbonyl (C=O) groups is 4. The fourth-order valence-electron chi connectivity index (χ4n) is 3.09.